The van der Waals surface area contributed by atoms with Gasteiger partial charge >= 0.3 is 0 Å². The fourth-order valence-corrected chi connectivity index (χ4v) is 2.69. The number of nitrogens with one attached hydrogen (secondary N) is 1. The van der Waals surface area contributed by atoms with Crippen molar-refractivity contribution in [1.29, 1.82) is 0 Å². The second-order valence-electron chi connectivity index (χ2n) is 5.31. The average Bonchev–Trinajstić information content (AvgIpc) is 2.49. The number of hydrogen-bond acceptors (Lipinski definition) is 5. The van der Waals surface area contributed by atoms with Crippen molar-refractivity contribution in [3.8, 4) is 5.88 Å². The lowest BCUT2D eigenvalue weighted by Gasteiger charge is -2.30. The van der Waals surface area contributed by atoms with E-state index < -0.39 is 0 Å². The van der Waals surface area contributed by atoms with E-state index >= 15 is 0 Å². The highest BCUT2D eigenvalue weighted by molar-refractivity contribution is 5.40. The van der Waals surface area contributed by atoms with E-state index in [1.807, 2.05) is 13.0 Å². The van der Waals surface area contributed by atoms with Crippen molar-refractivity contribution in [1.82, 2.24) is 15.3 Å². The Kier molecular flexibility index (Phi) is 6.05. The molecule has 1 aliphatic heterocycles. The van der Waals surface area contributed by atoms with Gasteiger partial charge < -0.3 is 15.0 Å². The van der Waals surface area contributed by atoms with Crippen molar-refractivity contribution in [3.05, 3.63) is 12.4 Å². The molecular formula is C15H26N4O. The van der Waals surface area contributed by atoms with Gasteiger partial charge in [0.05, 0.1) is 6.61 Å². The molecule has 1 aromatic rings. The molecule has 5 heteroatoms. The molecule has 1 saturated heterocycles. The summed E-state index contributed by atoms with van der Waals surface area (Å²) < 4.78 is 5.47. The standard InChI is InChI=1S/C15H26N4O/c1-3-8-19(11-13-6-5-7-16-10-13)14-9-15(20-4-2)18-12-17-14/h9,12-13,16H,3-8,10-11H2,1-2H3. The smallest absolute Gasteiger partial charge is 0.218 e. The van der Waals surface area contributed by atoms with E-state index in [-0.39, 0.29) is 0 Å². The van der Waals surface area contributed by atoms with E-state index in [9.17, 15) is 0 Å². The molecule has 20 heavy (non-hydrogen) atoms. The third kappa shape index (κ3) is 4.34. The van der Waals surface area contributed by atoms with Gasteiger partial charge in [0, 0.05) is 19.2 Å². The normalized spacial score (nSPS) is 18.8. The molecule has 1 atom stereocenters. The number of anilines is 1. The zero-order valence-corrected chi connectivity index (χ0v) is 12.6. The van der Waals surface area contributed by atoms with Crippen LogP contribution >= 0.6 is 0 Å². The summed E-state index contributed by atoms with van der Waals surface area (Å²) >= 11 is 0. The maximum absolute atomic E-state index is 5.47. The first-order valence-corrected chi connectivity index (χ1v) is 7.74. The highest BCUT2D eigenvalue weighted by Crippen LogP contribution is 2.20. The minimum Gasteiger partial charge on any atom is -0.478 e. The number of nitrogens with zero attached hydrogens (tertiary/aromatic N) is 3. The summed E-state index contributed by atoms with van der Waals surface area (Å²) in [6, 6.07) is 1.95. The van der Waals surface area contributed by atoms with Crippen LogP contribution in [0.5, 0.6) is 5.88 Å². The van der Waals surface area contributed by atoms with Crippen LogP contribution in [0.3, 0.4) is 0 Å². The number of aromatic nitrogens is 2. The topological polar surface area (TPSA) is 50.3 Å². The zero-order valence-electron chi connectivity index (χ0n) is 12.6. The summed E-state index contributed by atoms with van der Waals surface area (Å²) in [5.74, 6) is 2.36. The Morgan fingerprint density at radius 1 is 1.40 bits per heavy atom. The number of rotatable bonds is 7. The van der Waals surface area contributed by atoms with Crippen molar-refractivity contribution in [2.75, 3.05) is 37.7 Å². The van der Waals surface area contributed by atoms with Gasteiger partial charge in [0.25, 0.3) is 0 Å². The Morgan fingerprint density at radius 3 is 3.00 bits per heavy atom. The quantitative estimate of drug-likeness (QED) is 0.827. The third-order valence-electron chi connectivity index (χ3n) is 3.61. The second kappa shape index (κ2) is 8.04. The molecule has 0 amide bonds. The maximum atomic E-state index is 5.47. The average molecular weight is 278 g/mol. The lowest BCUT2D eigenvalue weighted by atomic mass is 9.99. The van der Waals surface area contributed by atoms with Crippen LogP contribution in [0.1, 0.15) is 33.1 Å². The van der Waals surface area contributed by atoms with Crippen LogP contribution < -0.4 is 15.0 Å². The summed E-state index contributed by atoms with van der Waals surface area (Å²) in [6.07, 6.45) is 5.30. The second-order valence-corrected chi connectivity index (χ2v) is 5.31. The van der Waals surface area contributed by atoms with Gasteiger partial charge in [-0.25, -0.2) is 9.97 Å². The minimum atomic E-state index is 0.636. The van der Waals surface area contributed by atoms with Crippen molar-refractivity contribution in [2.45, 2.75) is 33.1 Å². The first-order valence-electron chi connectivity index (χ1n) is 7.74. The van der Waals surface area contributed by atoms with E-state index in [0.29, 0.717) is 18.4 Å². The van der Waals surface area contributed by atoms with Gasteiger partial charge in [-0.15, -0.1) is 0 Å². The summed E-state index contributed by atoms with van der Waals surface area (Å²) in [7, 11) is 0. The molecule has 0 spiro atoms. The van der Waals surface area contributed by atoms with Crippen molar-refractivity contribution in [3.63, 3.8) is 0 Å². The lowest BCUT2D eigenvalue weighted by Crippen LogP contribution is -2.39. The molecule has 0 aliphatic carbocycles. The molecule has 1 N–H and O–H groups in total. The third-order valence-corrected chi connectivity index (χ3v) is 3.61. The van der Waals surface area contributed by atoms with Crippen LogP contribution in [-0.4, -0.2) is 42.8 Å². The molecule has 112 valence electrons. The van der Waals surface area contributed by atoms with Gasteiger partial charge in [-0.1, -0.05) is 6.92 Å². The molecule has 2 heterocycles. The predicted molar refractivity (Wildman–Crippen MR) is 81.3 cm³/mol. The molecule has 0 bridgehead atoms. The van der Waals surface area contributed by atoms with Gasteiger partial charge in [0.2, 0.25) is 5.88 Å². The van der Waals surface area contributed by atoms with E-state index in [0.717, 1.165) is 38.4 Å². The number of piperidine rings is 1. The van der Waals surface area contributed by atoms with Gasteiger partial charge in [-0.3, -0.25) is 0 Å². The Labute approximate surface area is 121 Å². The Balaban J connectivity index is 2.04. The van der Waals surface area contributed by atoms with Crippen LogP contribution in [-0.2, 0) is 0 Å². The molecule has 1 fully saturated rings. The van der Waals surface area contributed by atoms with Crippen LogP contribution in [0.25, 0.3) is 0 Å². The van der Waals surface area contributed by atoms with E-state index in [1.165, 1.54) is 12.8 Å². The van der Waals surface area contributed by atoms with Gasteiger partial charge in [0.1, 0.15) is 12.1 Å². The molecule has 1 aromatic heterocycles. The lowest BCUT2D eigenvalue weighted by molar-refractivity contribution is 0.326. The highest BCUT2D eigenvalue weighted by Gasteiger charge is 2.18. The summed E-state index contributed by atoms with van der Waals surface area (Å²) in [5.41, 5.74) is 0. The zero-order chi connectivity index (χ0) is 14.2. The van der Waals surface area contributed by atoms with Gasteiger partial charge in [0.15, 0.2) is 0 Å². The molecule has 0 radical (unpaired) electrons. The monoisotopic (exact) mass is 278 g/mol. The molecule has 1 aliphatic rings. The van der Waals surface area contributed by atoms with Crippen molar-refractivity contribution >= 4 is 5.82 Å². The fraction of sp³-hybridized carbons (Fsp3) is 0.733. The van der Waals surface area contributed by atoms with Crippen molar-refractivity contribution < 1.29 is 4.74 Å². The Morgan fingerprint density at radius 2 is 2.30 bits per heavy atom. The van der Waals surface area contributed by atoms with E-state index in [1.54, 1.807) is 6.33 Å². The Hall–Kier alpha value is -1.36. The maximum Gasteiger partial charge on any atom is 0.218 e. The van der Waals surface area contributed by atoms with Crippen molar-refractivity contribution in [2.24, 2.45) is 5.92 Å². The molecule has 1 unspecified atom stereocenters. The summed E-state index contributed by atoms with van der Waals surface area (Å²) in [5, 5.41) is 3.48. The summed E-state index contributed by atoms with van der Waals surface area (Å²) in [6.45, 7) is 9.17. The Bertz CT molecular complexity index is 393. The first kappa shape index (κ1) is 15.0. The molecule has 5 nitrogen and oxygen atoms in total. The molecular weight excluding hydrogens is 252 g/mol. The van der Waals surface area contributed by atoms with Crippen LogP contribution in [0.2, 0.25) is 0 Å². The van der Waals surface area contributed by atoms with E-state index in [2.05, 4.69) is 27.1 Å². The molecule has 2 rings (SSSR count). The number of ether oxygens (including phenoxy) is 1. The predicted octanol–water partition coefficient (Wildman–Crippen LogP) is 2.09. The highest BCUT2D eigenvalue weighted by atomic mass is 16.5. The van der Waals surface area contributed by atoms with Crippen LogP contribution in [0, 0.1) is 5.92 Å². The van der Waals surface area contributed by atoms with Crippen LogP contribution in [0.15, 0.2) is 12.4 Å². The fourth-order valence-electron chi connectivity index (χ4n) is 2.69. The van der Waals surface area contributed by atoms with Gasteiger partial charge in [-0.05, 0) is 45.2 Å². The largest absolute Gasteiger partial charge is 0.478 e. The summed E-state index contributed by atoms with van der Waals surface area (Å²) in [4.78, 5) is 10.9. The number of hydrogen-bond donors (Lipinski definition) is 1. The minimum absolute atomic E-state index is 0.636. The van der Waals surface area contributed by atoms with Crippen LogP contribution in [0.4, 0.5) is 5.82 Å². The molecule has 0 saturated carbocycles. The van der Waals surface area contributed by atoms with E-state index in [4.69, 9.17) is 4.74 Å². The molecule has 0 aromatic carbocycles. The first-order chi connectivity index (χ1) is 9.83. The SMILES string of the molecule is CCCN(CC1CCCNC1)c1cc(OCC)ncn1. The van der Waals surface area contributed by atoms with Gasteiger partial charge in [-0.2, -0.15) is 0 Å².